The van der Waals surface area contributed by atoms with Crippen LogP contribution in [0.4, 0.5) is 13.2 Å². The number of benzene rings is 1. The fourth-order valence-corrected chi connectivity index (χ4v) is 2.38. The molecule has 0 aliphatic heterocycles. The molecule has 0 radical (unpaired) electrons. The van der Waals surface area contributed by atoms with Crippen LogP contribution < -0.4 is 4.74 Å². The molecule has 0 unspecified atom stereocenters. The third-order valence-corrected chi connectivity index (χ3v) is 3.32. The summed E-state index contributed by atoms with van der Waals surface area (Å²) in [6, 6.07) is 3.52. The summed E-state index contributed by atoms with van der Waals surface area (Å²) < 4.78 is 49.2. The van der Waals surface area contributed by atoms with Crippen LogP contribution in [-0.2, 0) is 15.7 Å². The van der Waals surface area contributed by atoms with Gasteiger partial charge in [0.05, 0.1) is 22.2 Å². The molecule has 0 spiro atoms. The average molecular weight is 362 g/mol. The predicted molar refractivity (Wildman–Crippen MR) is 83.2 cm³/mol. The lowest BCUT2D eigenvalue weighted by molar-refractivity contribution is -0.149. The largest absolute Gasteiger partial charge is 0.481 e. The quantitative estimate of drug-likeness (QED) is 0.750. The summed E-state index contributed by atoms with van der Waals surface area (Å²) in [7, 11) is 0. The lowest BCUT2D eigenvalue weighted by atomic mass is 10.1. The second-order valence-corrected chi connectivity index (χ2v) is 5.84. The van der Waals surface area contributed by atoms with Crippen molar-refractivity contribution in [2.75, 3.05) is 6.61 Å². The van der Waals surface area contributed by atoms with E-state index in [9.17, 15) is 18.0 Å². The fourth-order valence-electron chi connectivity index (χ4n) is 2.11. The Morgan fingerprint density at radius 3 is 2.54 bits per heavy atom. The molecular weight excluding hydrogens is 347 g/mol. The van der Waals surface area contributed by atoms with Crippen molar-refractivity contribution in [3.05, 3.63) is 34.5 Å². The Kier molecular flexibility index (Phi) is 5.22. The first-order valence-electron chi connectivity index (χ1n) is 7.08. The highest BCUT2D eigenvalue weighted by Crippen LogP contribution is 2.38. The zero-order valence-electron chi connectivity index (χ0n) is 13.2. The van der Waals surface area contributed by atoms with Crippen molar-refractivity contribution in [1.29, 1.82) is 0 Å². The monoisotopic (exact) mass is 361 g/mol. The van der Waals surface area contributed by atoms with Crippen molar-refractivity contribution >= 4 is 28.5 Å². The van der Waals surface area contributed by atoms with Crippen LogP contribution in [-0.4, -0.2) is 23.7 Å². The van der Waals surface area contributed by atoms with Crippen LogP contribution in [0.5, 0.6) is 5.75 Å². The van der Waals surface area contributed by atoms with Gasteiger partial charge in [0.1, 0.15) is 5.75 Å². The summed E-state index contributed by atoms with van der Waals surface area (Å²) in [6.45, 7) is 4.64. The Morgan fingerprint density at radius 2 is 1.96 bits per heavy atom. The van der Waals surface area contributed by atoms with Crippen LogP contribution >= 0.6 is 11.6 Å². The molecule has 0 bridgehead atoms. The summed E-state index contributed by atoms with van der Waals surface area (Å²) in [5, 5.41) is -0.175. The van der Waals surface area contributed by atoms with E-state index in [1.54, 1.807) is 20.8 Å². The molecule has 2 aromatic rings. The van der Waals surface area contributed by atoms with Gasteiger partial charge in [-0.05, 0) is 32.9 Å². The number of aryl methyl sites for hydroxylation is 1. The van der Waals surface area contributed by atoms with Crippen molar-refractivity contribution in [3.63, 3.8) is 0 Å². The molecule has 0 amide bonds. The Balaban J connectivity index is 2.40. The highest BCUT2D eigenvalue weighted by Gasteiger charge is 2.34. The zero-order chi connectivity index (χ0) is 18.1. The van der Waals surface area contributed by atoms with E-state index in [0.29, 0.717) is 5.69 Å². The van der Waals surface area contributed by atoms with Gasteiger partial charge in [0.15, 0.2) is 6.61 Å². The first kappa shape index (κ1) is 18.3. The number of carbonyl (C=O) groups excluding carboxylic acids is 1. The lowest BCUT2D eigenvalue weighted by Gasteiger charge is -2.14. The third kappa shape index (κ3) is 4.29. The Bertz CT molecular complexity index is 775. The van der Waals surface area contributed by atoms with Crippen LogP contribution in [0.25, 0.3) is 10.9 Å². The van der Waals surface area contributed by atoms with Gasteiger partial charge in [0, 0.05) is 17.1 Å². The minimum atomic E-state index is -4.58. The standard InChI is InChI=1S/C16H15ClF3NO3/c1-8(2)24-15(22)7-23-14-4-9(3)21-13-6-11(16(18,19)20)12(17)5-10(13)14/h4-6,8H,7H2,1-3H3. The normalized spacial score (nSPS) is 11.8. The molecule has 0 atom stereocenters. The van der Waals surface area contributed by atoms with Gasteiger partial charge in [0.25, 0.3) is 0 Å². The van der Waals surface area contributed by atoms with Gasteiger partial charge in [-0.25, -0.2) is 4.79 Å². The number of ether oxygens (including phenoxy) is 2. The van der Waals surface area contributed by atoms with Crippen LogP contribution in [0.1, 0.15) is 25.1 Å². The van der Waals surface area contributed by atoms with E-state index in [1.807, 2.05) is 0 Å². The number of hydrogen-bond donors (Lipinski definition) is 0. The maximum absolute atomic E-state index is 12.9. The number of alkyl halides is 3. The minimum Gasteiger partial charge on any atom is -0.481 e. The van der Waals surface area contributed by atoms with Crippen molar-refractivity contribution in [3.8, 4) is 5.75 Å². The number of carbonyl (C=O) groups is 1. The number of nitrogens with zero attached hydrogens (tertiary/aromatic N) is 1. The average Bonchev–Trinajstić information content (AvgIpc) is 2.42. The molecule has 130 valence electrons. The molecule has 8 heteroatoms. The Hall–Kier alpha value is -2.02. The second-order valence-electron chi connectivity index (χ2n) is 5.44. The maximum Gasteiger partial charge on any atom is 0.417 e. The number of aromatic nitrogens is 1. The van der Waals surface area contributed by atoms with Gasteiger partial charge in [0.2, 0.25) is 0 Å². The molecule has 0 saturated carbocycles. The number of halogens is 4. The van der Waals surface area contributed by atoms with E-state index >= 15 is 0 Å². The van der Waals surface area contributed by atoms with Crippen molar-refractivity contribution < 1.29 is 27.4 Å². The molecule has 1 aromatic heterocycles. The molecule has 0 saturated heterocycles. The van der Waals surface area contributed by atoms with Gasteiger partial charge in [-0.3, -0.25) is 4.98 Å². The summed E-state index contributed by atoms with van der Waals surface area (Å²) in [5.74, 6) is -0.362. The van der Waals surface area contributed by atoms with Crippen LogP contribution in [0.3, 0.4) is 0 Å². The summed E-state index contributed by atoms with van der Waals surface area (Å²) in [6.07, 6.45) is -4.88. The van der Waals surface area contributed by atoms with Crippen molar-refractivity contribution in [2.24, 2.45) is 0 Å². The van der Waals surface area contributed by atoms with Gasteiger partial charge in [-0.2, -0.15) is 13.2 Å². The number of pyridine rings is 1. The first-order chi connectivity index (χ1) is 11.1. The van der Waals surface area contributed by atoms with E-state index in [0.717, 1.165) is 12.1 Å². The van der Waals surface area contributed by atoms with E-state index in [1.165, 1.54) is 6.07 Å². The number of rotatable bonds is 4. The smallest absolute Gasteiger partial charge is 0.417 e. The molecule has 24 heavy (non-hydrogen) atoms. The minimum absolute atomic E-state index is 0.0824. The van der Waals surface area contributed by atoms with E-state index in [4.69, 9.17) is 21.1 Å². The first-order valence-corrected chi connectivity index (χ1v) is 7.46. The van der Waals surface area contributed by atoms with Crippen LogP contribution in [0.2, 0.25) is 5.02 Å². The molecule has 0 aliphatic carbocycles. The third-order valence-electron chi connectivity index (χ3n) is 3.01. The second kappa shape index (κ2) is 6.84. The summed E-state index contributed by atoms with van der Waals surface area (Å²) >= 11 is 5.74. The highest BCUT2D eigenvalue weighted by atomic mass is 35.5. The van der Waals surface area contributed by atoms with E-state index in [-0.39, 0.29) is 29.4 Å². The fraction of sp³-hybridized carbons (Fsp3) is 0.375. The SMILES string of the molecule is Cc1cc(OCC(=O)OC(C)C)c2cc(Cl)c(C(F)(F)F)cc2n1. The van der Waals surface area contributed by atoms with Gasteiger partial charge in [-0.1, -0.05) is 11.6 Å². The van der Waals surface area contributed by atoms with E-state index in [2.05, 4.69) is 4.98 Å². The highest BCUT2D eigenvalue weighted by molar-refractivity contribution is 6.32. The maximum atomic E-state index is 12.9. The van der Waals surface area contributed by atoms with Crippen LogP contribution in [0, 0.1) is 6.92 Å². The number of fused-ring (bicyclic) bond motifs is 1. The molecule has 1 aromatic carbocycles. The topological polar surface area (TPSA) is 48.4 Å². The molecule has 2 rings (SSSR count). The predicted octanol–water partition coefficient (Wildman–Crippen LogP) is 4.55. The summed E-state index contributed by atoms with van der Waals surface area (Å²) in [5.41, 5.74) is -0.441. The van der Waals surface area contributed by atoms with Gasteiger partial charge in [-0.15, -0.1) is 0 Å². The van der Waals surface area contributed by atoms with Crippen molar-refractivity contribution in [1.82, 2.24) is 4.98 Å². The number of esters is 1. The van der Waals surface area contributed by atoms with E-state index < -0.39 is 22.7 Å². The van der Waals surface area contributed by atoms with Crippen molar-refractivity contribution in [2.45, 2.75) is 33.1 Å². The lowest BCUT2D eigenvalue weighted by Crippen LogP contribution is -2.18. The van der Waals surface area contributed by atoms with Crippen LogP contribution in [0.15, 0.2) is 18.2 Å². The Morgan fingerprint density at radius 1 is 1.29 bits per heavy atom. The molecule has 1 heterocycles. The molecule has 0 aliphatic rings. The van der Waals surface area contributed by atoms with Gasteiger partial charge >= 0.3 is 12.1 Å². The molecular formula is C16H15ClF3NO3. The zero-order valence-corrected chi connectivity index (χ0v) is 14.0. The Labute approximate surface area is 141 Å². The molecule has 0 fully saturated rings. The summed E-state index contributed by atoms with van der Waals surface area (Å²) in [4.78, 5) is 15.6. The molecule has 0 N–H and O–H groups in total. The molecule has 4 nitrogen and oxygen atoms in total. The number of hydrogen-bond acceptors (Lipinski definition) is 4. The van der Waals surface area contributed by atoms with Gasteiger partial charge < -0.3 is 9.47 Å².